The Kier molecular flexibility index (Phi) is 39.2. The highest BCUT2D eigenvalue weighted by Crippen LogP contribution is 2.52. The molecule has 5 aromatic carbocycles. The number of rotatable bonds is 53. The number of ether oxygens (including phenoxy) is 5. The van der Waals surface area contributed by atoms with Gasteiger partial charge in [-0.1, -0.05) is 322 Å². The van der Waals surface area contributed by atoms with Gasteiger partial charge in [0, 0.05) is 13.2 Å². The van der Waals surface area contributed by atoms with E-state index in [1.165, 1.54) is 135 Å². The average molecular weight is 1300 g/mol. The molecule has 0 bridgehead atoms. The summed E-state index contributed by atoms with van der Waals surface area (Å²) in [5.41, 5.74) is 2.41. The van der Waals surface area contributed by atoms with Gasteiger partial charge in [-0.15, -0.1) is 0 Å². The summed E-state index contributed by atoms with van der Waals surface area (Å²) in [6.45, 7) is 7.03. The normalized spacial score (nSPS) is 17.2. The standard InChI is InChI=1S/C79H116NO12P/c1-4-7-10-13-16-19-22-25-28-46-60-85-68(53-40-26-23-20-17-14-11-8-5-2)59-61-86-77-74(80-73(82)62-71(87-64-65-47-34-29-35-48-65)58-41-27-24-21-18-15-12-9-6-3)78(79(83)89-75(66-49-36-30-37-50-66)67-51-38-31-39-52-67)88-72(63-81)76(77)92-93(84,90-69-54-42-32-43-55-69)91-70-56-44-33-45-57-70/h29-39,42-45,47-52,54-57,68,71-72,74-78,81H,4-28,40-41,46,53,58-64H2,1-3H3,(H,80,82)/t68-,71-,72-,74-,76-,77-,78+/m1/s1. The van der Waals surface area contributed by atoms with Gasteiger partial charge in [0.1, 0.15) is 29.8 Å². The Labute approximate surface area is 560 Å². The van der Waals surface area contributed by atoms with Crippen LogP contribution in [0.3, 0.4) is 0 Å². The molecule has 0 aliphatic carbocycles. The molecular weight excluding hydrogens is 1190 g/mol. The van der Waals surface area contributed by atoms with E-state index in [1.54, 1.807) is 48.5 Å². The number of phosphoric acid groups is 1. The molecule has 514 valence electrons. The molecule has 2 N–H and O–H groups in total. The molecule has 6 rings (SSSR count). The van der Waals surface area contributed by atoms with Crippen LogP contribution in [-0.2, 0) is 49.0 Å². The topological polar surface area (TPSA) is 157 Å². The van der Waals surface area contributed by atoms with Gasteiger partial charge in [0.05, 0.1) is 37.9 Å². The van der Waals surface area contributed by atoms with Crippen LogP contribution in [0, 0.1) is 0 Å². The third-order valence-electron chi connectivity index (χ3n) is 17.6. The van der Waals surface area contributed by atoms with Crippen molar-refractivity contribution in [2.45, 2.75) is 282 Å². The summed E-state index contributed by atoms with van der Waals surface area (Å²) in [5, 5.41) is 14.8. The predicted octanol–water partition coefficient (Wildman–Crippen LogP) is 20.1. The first-order valence-electron chi connectivity index (χ1n) is 36.2. The van der Waals surface area contributed by atoms with Gasteiger partial charge in [0.25, 0.3) is 0 Å². The van der Waals surface area contributed by atoms with Crippen molar-refractivity contribution in [3.63, 3.8) is 0 Å². The molecule has 0 saturated carbocycles. The smallest absolute Gasteiger partial charge is 0.451 e. The van der Waals surface area contributed by atoms with Crippen LogP contribution in [0.15, 0.2) is 152 Å². The zero-order chi connectivity index (χ0) is 65.7. The molecule has 0 spiro atoms. The molecule has 93 heavy (non-hydrogen) atoms. The van der Waals surface area contributed by atoms with Crippen molar-refractivity contribution < 1.29 is 56.5 Å². The van der Waals surface area contributed by atoms with Gasteiger partial charge >= 0.3 is 13.8 Å². The molecule has 1 saturated heterocycles. The summed E-state index contributed by atoms with van der Waals surface area (Å²) >= 11 is 0. The minimum absolute atomic E-state index is 0.0548. The van der Waals surface area contributed by atoms with Crippen molar-refractivity contribution >= 4 is 19.7 Å². The molecule has 0 unspecified atom stereocenters. The number of amides is 1. The number of nitrogens with one attached hydrogen (secondary N) is 1. The second-order valence-corrected chi connectivity index (χ2v) is 27.0. The van der Waals surface area contributed by atoms with Crippen LogP contribution >= 0.6 is 7.82 Å². The van der Waals surface area contributed by atoms with E-state index in [9.17, 15) is 5.11 Å². The molecule has 1 aliphatic heterocycles. The Hall–Kier alpha value is -5.37. The van der Waals surface area contributed by atoms with Gasteiger partial charge in [-0.2, -0.15) is 0 Å². The summed E-state index contributed by atoms with van der Waals surface area (Å²) < 4.78 is 68.7. The minimum atomic E-state index is -4.78. The van der Waals surface area contributed by atoms with E-state index in [2.05, 4.69) is 26.1 Å². The molecule has 1 heterocycles. The summed E-state index contributed by atoms with van der Waals surface area (Å²) in [4.78, 5) is 30.8. The van der Waals surface area contributed by atoms with Crippen molar-refractivity contribution in [2.75, 3.05) is 19.8 Å². The van der Waals surface area contributed by atoms with E-state index in [0.717, 1.165) is 56.9 Å². The van der Waals surface area contributed by atoms with E-state index in [4.69, 9.17) is 37.3 Å². The molecule has 13 nitrogen and oxygen atoms in total. The fraction of sp³-hybridized carbons (Fsp3) is 0.595. The lowest BCUT2D eigenvalue weighted by molar-refractivity contribution is -0.217. The predicted molar refractivity (Wildman–Crippen MR) is 374 cm³/mol. The monoisotopic (exact) mass is 1300 g/mol. The SMILES string of the molecule is CCCCCCCCCCCCO[C@H](CCCCCCCCCCC)CCO[C@@H]1[C@@H](NC(=O)C[C@@H](CCCCCCCCCCC)OCc2ccccc2)[C@@H](C(=O)OC(c2ccccc2)c2ccccc2)O[C@H](CO)[C@H]1OP(=O)(Oc1ccccc1)Oc1ccccc1. The first-order valence-corrected chi connectivity index (χ1v) is 37.7. The third-order valence-corrected chi connectivity index (χ3v) is 19.0. The molecule has 0 aromatic heterocycles. The lowest BCUT2D eigenvalue weighted by Gasteiger charge is -2.45. The van der Waals surface area contributed by atoms with Crippen molar-refractivity contribution in [3.8, 4) is 11.5 Å². The van der Waals surface area contributed by atoms with Crippen LogP contribution in [-0.4, -0.2) is 79.5 Å². The van der Waals surface area contributed by atoms with Crippen LogP contribution in [0.5, 0.6) is 11.5 Å². The maximum atomic E-state index is 15.6. The Morgan fingerprint density at radius 2 is 0.903 bits per heavy atom. The number of para-hydroxylation sites is 2. The minimum Gasteiger partial charge on any atom is -0.451 e. The number of phosphoric ester groups is 1. The Morgan fingerprint density at radius 3 is 1.37 bits per heavy atom. The summed E-state index contributed by atoms with van der Waals surface area (Å²) in [6, 6.07) is 44.6. The van der Waals surface area contributed by atoms with Crippen molar-refractivity contribution in [1.82, 2.24) is 5.32 Å². The third kappa shape index (κ3) is 30.9. The Morgan fingerprint density at radius 1 is 0.484 bits per heavy atom. The largest absolute Gasteiger partial charge is 0.588 e. The van der Waals surface area contributed by atoms with Gasteiger partial charge in [-0.25, -0.2) is 9.36 Å². The van der Waals surface area contributed by atoms with E-state index in [1.807, 2.05) is 103 Å². The quantitative estimate of drug-likeness (QED) is 0.0216. The number of esters is 1. The van der Waals surface area contributed by atoms with Crippen LogP contribution < -0.4 is 14.4 Å². The van der Waals surface area contributed by atoms with Crippen LogP contribution in [0.25, 0.3) is 0 Å². The van der Waals surface area contributed by atoms with Crippen LogP contribution in [0.2, 0.25) is 0 Å². The van der Waals surface area contributed by atoms with Gasteiger partial charge in [-0.3, -0.25) is 9.32 Å². The number of aliphatic hydroxyl groups is 1. The number of carbonyl (C=O) groups is 2. The Balaban J connectivity index is 1.34. The number of hydrogen-bond acceptors (Lipinski definition) is 12. The fourth-order valence-electron chi connectivity index (χ4n) is 12.3. The van der Waals surface area contributed by atoms with E-state index < -0.39 is 69.0 Å². The highest BCUT2D eigenvalue weighted by atomic mass is 31.2. The van der Waals surface area contributed by atoms with Gasteiger partial charge in [0.15, 0.2) is 12.2 Å². The molecule has 1 aliphatic rings. The summed E-state index contributed by atoms with van der Waals surface area (Å²) in [5.74, 6) is -0.862. The molecule has 1 fully saturated rings. The second-order valence-electron chi connectivity index (χ2n) is 25.5. The first-order chi connectivity index (χ1) is 45.7. The maximum absolute atomic E-state index is 15.6. The van der Waals surface area contributed by atoms with Gasteiger partial charge in [-0.05, 0) is 66.6 Å². The second kappa shape index (κ2) is 47.5. The van der Waals surface area contributed by atoms with Gasteiger partial charge in [0.2, 0.25) is 5.91 Å². The molecule has 14 heteroatoms. The Bertz CT molecular complexity index is 2610. The highest BCUT2D eigenvalue weighted by Gasteiger charge is 2.55. The lowest BCUT2D eigenvalue weighted by atomic mass is 9.91. The number of aliphatic hydroxyl groups excluding tert-OH is 1. The number of hydrogen-bond donors (Lipinski definition) is 2. The van der Waals surface area contributed by atoms with Crippen LogP contribution in [0.4, 0.5) is 0 Å². The van der Waals surface area contributed by atoms with E-state index in [-0.39, 0.29) is 30.6 Å². The fourth-order valence-corrected chi connectivity index (χ4v) is 13.7. The van der Waals surface area contributed by atoms with Crippen molar-refractivity contribution in [3.05, 3.63) is 168 Å². The van der Waals surface area contributed by atoms with Crippen molar-refractivity contribution in [1.29, 1.82) is 0 Å². The molecule has 5 aromatic rings. The number of carbonyl (C=O) groups excluding carboxylic acids is 2. The van der Waals surface area contributed by atoms with Crippen molar-refractivity contribution in [2.24, 2.45) is 0 Å². The zero-order valence-corrected chi connectivity index (χ0v) is 57.8. The maximum Gasteiger partial charge on any atom is 0.588 e. The average Bonchev–Trinajstić information content (AvgIpc) is 0.788. The summed E-state index contributed by atoms with van der Waals surface area (Å²) in [7, 11) is -4.78. The highest BCUT2D eigenvalue weighted by molar-refractivity contribution is 7.49. The molecule has 7 atom stereocenters. The van der Waals surface area contributed by atoms with E-state index in [0.29, 0.717) is 37.2 Å². The zero-order valence-electron chi connectivity index (χ0n) is 56.9. The number of benzene rings is 5. The van der Waals surface area contributed by atoms with Gasteiger partial charge < -0.3 is 43.2 Å². The molecule has 1 amide bonds. The molecule has 0 radical (unpaired) electrons. The lowest BCUT2D eigenvalue weighted by Crippen LogP contribution is -2.67. The number of unbranched alkanes of at least 4 members (excludes halogenated alkanes) is 25. The molecular formula is C79H116NO12P. The van der Waals surface area contributed by atoms with Crippen LogP contribution in [0.1, 0.15) is 249 Å². The summed E-state index contributed by atoms with van der Waals surface area (Å²) in [6.07, 6.45) is 27.9. The van der Waals surface area contributed by atoms with E-state index >= 15 is 14.2 Å². The first kappa shape index (κ1) is 76.6.